The van der Waals surface area contributed by atoms with E-state index in [-0.39, 0.29) is 11.3 Å². The highest BCUT2D eigenvalue weighted by Gasteiger charge is 2.24. The standard InChI is InChI=1S/C10H11NO4/c1-11-8(10(14)15)9(13)6-2-4-7(12)5-3-6/h2-5,8,11-12H,1H3,(H,14,15)/t8-/m0/s1. The minimum absolute atomic E-state index is 0.0304. The summed E-state index contributed by atoms with van der Waals surface area (Å²) in [6.07, 6.45) is 0. The average Bonchev–Trinajstić information content (AvgIpc) is 2.19. The molecule has 0 bridgehead atoms. The number of rotatable bonds is 4. The third kappa shape index (κ3) is 2.54. The summed E-state index contributed by atoms with van der Waals surface area (Å²) in [6, 6.07) is 4.18. The Balaban J connectivity index is 2.93. The minimum atomic E-state index is -1.26. The molecule has 0 saturated carbocycles. The Morgan fingerprint density at radius 3 is 2.20 bits per heavy atom. The van der Waals surface area contributed by atoms with Crippen molar-refractivity contribution in [3.63, 3.8) is 0 Å². The van der Waals surface area contributed by atoms with Crippen molar-refractivity contribution in [2.75, 3.05) is 7.05 Å². The van der Waals surface area contributed by atoms with Gasteiger partial charge in [-0.3, -0.25) is 9.59 Å². The first-order valence-electron chi connectivity index (χ1n) is 4.29. The molecule has 0 unspecified atom stereocenters. The Kier molecular flexibility index (Phi) is 3.41. The molecule has 1 aromatic rings. The zero-order valence-electron chi connectivity index (χ0n) is 8.10. The van der Waals surface area contributed by atoms with Gasteiger partial charge in [-0.25, -0.2) is 0 Å². The Morgan fingerprint density at radius 2 is 1.80 bits per heavy atom. The first kappa shape index (κ1) is 11.2. The third-order valence-corrected chi connectivity index (χ3v) is 1.95. The highest BCUT2D eigenvalue weighted by atomic mass is 16.4. The van der Waals surface area contributed by atoms with Crippen molar-refractivity contribution in [1.82, 2.24) is 5.32 Å². The molecule has 0 aromatic heterocycles. The summed E-state index contributed by atoms with van der Waals surface area (Å²) < 4.78 is 0. The second kappa shape index (κ2) is 4.56. The van der Waals surface area contributed by atoms with Crippen LogP contribution in [0.3, 0.4) is 0 Å². The number of phenolic OH excluding ortho intramolecular Hbond substituents is 1. The first-order chi connectivity index (χ1) is 7.06. The number of likely N-dealkylation sites (N-methyl/N-ethyl adjacent to an activating group) is 1. The van der Waals surface area contributed by atoms with Gasteiger partial charge in [0.25, 0.3) is 0 Å². The summed E-state index contributed by atoms with van der Waals surface area (Å²) in [4.78, 5) is 22.3. The molecule has 5 nitrogen and oxygen atoms in total. The van der Waals surface area contributed by atoms with Gasteiger partial charge in [-0.15, -0.1) is 0 Å². The van der Waals surface area contributed by atoms with Gasteiger partial charge in [0.05, 0.1) is 0 Å². The number of benzene rings is 1. The fourth-order valence-electron chi connectivity index (χ4n) is 1.16. The average molecular weight is 209 g/mol. The summed E-state index contributed by atoms with van der Waals surface area (Å²) in [5.74, 6) is -1.73. The number of Topliss-reactive ketones (excluding diaryl/α,β-unsaturated/α-hetero) is 1. The lowest BCUT2D eigenvalue weighted by Crippen LogP contribution is -2.41. The highest BCUT2D eigenvalue weighted by Crippen LogP contribution is 2.11. The number of nitrogens with one attached hydrogen (secondary N) is 1. The molecule has 5 heteroatoms. The molecule has 0 aliphatic carbocycles. The maximum absolute atomic E-state index is 11.6. The zero-order chi connectivity index (χ0) is 11.4. The molecule has 0 amide bonds. The zero-order valence-corrected chi connectivity index (χ0v) is 8.10. The number of hydrogen-bond acceptors (Lipinski definition) is 4. The molecular formula is C10H11NO4. The van der Waals surface area contributed by atoms with Crippen molar-refractivity contribution in [2.24, 2.45) is 0 Å². The van der Waals surface area contributed by atoms with E-state index in [2.05, 4.69) is 5.32 Å². The molecular weight excluding hydrogens is 198 g/mol. The summed E-state index contributed by atoms with van der Waals surface area (Å²) >= 11 is 0. The molecule has 3 N–H and O–H groups in total. The van der Waals surface area contributed by atoms with Gasteiger partial charge in [-0.2, -0.15) is 0 Å². The smallest absolute Gasteiger partial charge is 0.328 e. The van der Waals surface area contributed by atoms with Gasteiger partial charge in [0.1, 0.15) is 5.75 Å². The lowest BCUT2D eigenvalue weighted by atomic mass is 10.0. The lowest BCUT2D eigenvalue weighted by molar-refractivity contribution is -0.137. The maximum Gasteiger partial charge on any atom is 0.328 e. The monoisotopic (exact) mass is 209 g/mol. The summed E-state index contributed by atoms with van der Waals surface area (Å²) in [5, 5.41) is 20.1. The van der Waals surface area contributed by atoms with Crippen LogP contribution in [0.15, 0.2) is 24.3 Å². The van der Waals surface area contributed by atoms with E-state index in [1.807, 2.05) is 0 Å². The normalized spacial score (nSPS) is 12.1. The van der Waals surface area contributed by atoms with Crippen LogP contribution in [0.1, 0.15) is 10.4 Å². The number of carboxylic acid groups (broad SMARTS) is 1. The van der Waals surface area contributed by atoms with E-state index >= 15 is 0 Å². The second-order valence-electron chi connectivity index (χ2n) is 2.97. The largest absolute Gasteiger partial charge is 0.508 e. The van der Waals surface area contributed by atoms with Gasteiger partial charge in [-0.05, 0) is 31.3 Å². The van der Waals surface area contributed by atoms with Crippen LogP contribution in [0.25, 0.3) is 0 Å². The molecule has 0 saturated heterocycles. The van der Waals surface area contributed by atoms with E-state index in [4.69, 9.17) is 10.2 Å². The van der Waals surface area contributed by atoms with Crippen LogP contribution in [0.4, 0.5) is 0 Å². The van der Waals surface area contributed by atoms with Gasteiger partial charge in [0.2, 0.25) is 0 Å². The van der Waals surface area contributed by atoms with Gasteiger partial charge < -0.3 is 15.5 Å². The fourth-order valence-corrected chi connectivity index (χ4v) is 1.16. The SMILES string of the molecule is CN[C@H](C(=O)O)C(=O)c1ccc(O)cc1. The maximum atomic E-state index is 11.6. The van der Waals surface area contributed by atoms with Gasteiger partial charge in [-0.1, -0.05) is 0 Å². The van der Waals surface area contributed by atoms with Crippen LogP contribution in [-0.2, 0) is 4.79 Å². The molecule has 0 aliphatic heterocycles. The highest BCUT2D eigenvalue weighted by molar-refractivity contribution is 6.11. The number of carbonyl (C=O) groups excluding carboxylic acids is 1. The van der Waals surface area contributed by atoms with Crippen LogP contribution in [0.2, 0.25) is 0 Å². The molecule has 1 rings (SSSR count). The van der Waals surface area contributed by atoms with E-state index in [1.54, 1.807) is 0 Å². The van der Waals surface area contributed by atoms with Crippen molar-refractivity contribution >= 4 is 11.8 Å². The van der Waals surface area contributed by atoms with Gasteiger partial charge in [0.15, 0.2) is 11.8 Å². The topological polar surface area (TPSA) is 86.6 Å². The van der Waals surface area contributed by atoms with Crippen molar-refractivity contribution in [3.05, 3.63) is 29.8 Å². The minimum Gasteiger partial charge on any atom is -0.508 e. The van der Waals surface area contributed by atoms with E-state index in [0.29, 0.717) is 0 Å². The summed E-state index contributed by atoms with van der Waals surface area (Å²) in [5.41, 5.74) is 0.245. The van der Waals surface area contributed by atoms with Crippen LogP contribution in [0, 0.1) is 0 Å². The quantitative estimate of drug-likeness (QED) is 0.488. The van der Waals surface area contributed by atoms with Crippen molar-refractivity contribution < 1.29 is 19.8 Å². The molecule has 15 heavy (non-hydrogen) atoms. The molecule has 0 fully saturated rings. The van der Waals surface area contributed by atoms with Crippen molar-refractivity contribution in [3.8, 4) is 5.75 Å². The summed E-state index contributed by atoms with van der Waals surface area (Å²) in [6.45, 7) is 0. The molecule has 0 heterocycles. The van der Waals surface area contributed by atoms with E-state index in [1.165, 1.54) is 31.3 Å². The van der Waals surface area contributed by atoms with Gasteiger partial charge >= 0.3 is 5.97 Å². The fraction of sp³-hybridized carbons (Fsp3) is 0.200. The Labute approximate surface area is 86.4 Å². The predicted octanol–water partition coefficient (Wildman–Crippen LogP) is 0.247. The number of ketones is 1. The molecule has 1 atom stereocenters. The number of aliphatic carboxylic acids is 1. The molecule has 0 spiro atoms. The summed E-state index contributed by atoms with van der Waals surface area (Å²) in [7, 11) is 1.40. The van der Waals surface area contributed by atoms with Crippen molar-refractivity contribution in [1.29, 1.82) is 0 Å². The lowest BCUT2D eigenvalue weighted by Gasteiger charge is -2.09. The molecule has 80 valence electrons. The Morgan fingerprint density at radius 1 is 1.27 bits per heavy atom. The Hall–Kier alpha value is -1.88. The van der Waals surface area contributed by atoms with Crippen LogP contribution >= 0.6 is 0 Å². The predicted molar refractivity (Wildman–Crippen MR) is 52.9 cm³/mol. The Bertz CT molecular complexity index is 372. The van der Waals surface area contributed by atoms with Crippen LogP contribution in [0.5, 0.6) is 5.75 Å². The van der Waals surface area contributed by atoms with E-state index in [9.17, 15) is 9.59 Å². The first-order valence-corrected chi connectivity index (χ1v) is 4.29. The number of carboxylic acids is 1. The van der Waals surface area contributed by atoms with E-state index in [0.717, 1.165) is 0 Å². The van der Waals surface area contributed by atoms with Gasteiger partial charge in [0, 0.05) is 5.56 Å². The van der Waals surface area contributed by atoms with E-state index < -0.39 is 17.8 Å². The number of aromatic hydroxyl groups is 1. The number of hydrogen-bond donors (Lipinski definition) is 3. The molecule has 1 aromatic carbocycles. The molecule has 0 aliphatic rings. The number of phenols is 1. The third-order valence-electron chi connectivity index (χ3n) is 1.95. The van der Waals surface area contributed by atoms with Crippen LogP contribution < -0.4 is 5.32 Å². The number of carbonyl (C=O) groups is 2. The van der Waals surface area contributed by atoms with Crippen molar-refractivity contribution in [2.45, 2.75) is 6.04 Å². The molecule has 0 radical (unpaired) electrons. The second-order valence-corrected chi connectivity index (χ2v) is 2.97. The van der Waals surface area contributed by atoms with Crippen LogP contribution in [-0.4, -0.2) is 35.1 Å².